The molecule has 0 aliphatic carbocycles. The molecule has 0 radical (unpaired) electrons. The first-order chi connectivity index (χ1) is 23.1. The van der Waals surface area contributed by atoms with Crippen molar-refractivity contribution in [3.8, 4) is 0 Å². The zero-order chi connectivity index (χ0) is 36.3. The van der Waals surface area contributed by atoms with Crippen LogP contribution in [0.25, 0.3) is 0 Å². The van der Waals surface area contributed by atoms with Crippen LogP contribution < -0.4 is 0 Å². The standard InChI is InChI=1S/C37H68O5S.C3H6O2/c1-4-6-8-10-12-14-16-18-20-22-24-26-28-30-33(38)35(37(42)43-32(3)36(40)41)34(39)31-29-27-25-23-21-19-17-15-13-11-9-7-5-2;1-2-3(4)5/h32,35H,4-31H2,1-3H3,(H,40,41);2H2,1H3,(H,4,5). The smallest absolute Gasteiger partial charge is 0.316 e. The normalized spacial score (nSPS) is 11.6. The maximum atomic E-state index is 13.0. The van der Waals surface area contributed by atoms with Gasteiger partial charge in [-0.3, -0.25) is 24.0 Å². The van der Waals surface area contributed by atoms with Crippen molar-refractivity contribution in [1.29, 1.82) is 0 Å². The van der Waals surface area contributed by atoms with Crippen LogP contribution in [0.4, 0.5) is 0 Å². The van der Waals surface area contributed by atoms with Gasteiger partial charge in [-0.15, -0.1) is 0 Å². The Morgan fingerprint density at radius 3 is 0.938 bits per heavy atom. The van der Waals surface area contributed by atoms with E-state index in [-0.39, 0.29) is 30.8 Å². The highest BCUT2D eigenvalue weighted by atomic mass is 32.2. The lowest BCUT2D eigenvalue weighted by atomic mass is 9.92. The molecular formula is C40H74O7S. The summed E-state index contributed by atoms with van der Waals surface area (Å²) >= 11 is 0.616. The lowest BCUT2D eigenvalue weighted by molar-refractivity contribution is -0.139. The number of Topliss-reactive ketones (excluding diaryl/α,β-unsaturated/α-hetero) is 2. The second-order valence-electron chi connectivity index (χ2n) is 13.5. The van der Waals surface area contributed by atoms with Gasteiger partial charge in [0, 0.05) is 19.3 Å². The van der Waals surface area contributed by atoms with Gasteiger partial charge in [0.2, 0.25) is 5.12 Å². The highest BCUT2D eigenvalue weighted by Crippen LogP contribution is 2.24. The SMILES string of the molecule is CCC(=O)O.CCCCCCCCCCCCCCCC(=O)C(C(=O)CCCCCCCCCCCCCCC)C(=O)SC(C)C(=O)O. The van der Waals surface area contributed by atoms with Crippen LogP contribution in [0.5, 0.6) is 0 Å². The fraction of sp³-hybridized carbons (Fsp3) is 0.875. The minimum absolute atomic E-state index is 0.222. The average molecular weight is 699 g/mol. The number of carboxylic acid groups (broad SMARTS) is 2. The summed E-state index contributed by atoms with van der Waals surface area (Å²) in [6, 6.07) is 0. The van der Waals surface area contributed by atoms with Crippen LogP contribution in [0.2, 0.25) is 0 Å². The summed E-state index contributed by atoms with van der Waals surface area (Å²) < 4.78 is 0. The van der Waals surface area contributed by atoms with Crippen molar-refractivity contribution >= 4 is 40.4 Å². The zero-order valence-corrected chi connectivity index (χ0v) is 32.3. The minimum atomic E-state index is -1.30. The summed E-state index contributed by atoms with van der Waals surface area (Å²) in [5.41, 5.74) is 0. The van der Waals surface area contributed by atoms with Gasteiger partial charge in [0.25, 0.3) is 0 Å². The summed E-state index contributed by atoms with van der Waals surface area (Å²) in [4.78, 5) is 59.5. The van der Waals surface area contributed by atoms with Crippen molar-refractivity contribution in [3.05, 3.63) is 0 Å². The third kappa shape index (κ3) is 32.8. The molecule has 0 bridgehead atoms. The Morgan fingerprint density at radius 1 is 0.458 bits per heavy atom. The molecule has 7 nitrogen and oxygen atoms in total. The monoisotopic (exact) mass is 699 g/mol. The lowest BCUT2D eigenvalue weighted by Crippen LogP contribution is -2.32. The van der Waals surface area contributed by atoms with Crippen molar-refractivity contribution in [2.24, 2.45) is 5.92 Å². The first-order valence-corrected chi connectivity index (χ1v) is 20.7. The second-order valence-corrected chi connectivity index (χ2v) is 14.9. The topological polar surface area (TPSA) is 126 Å². The number of hydrogen-bond acceptors (Lipinski definition) is 6. The van der Waals surface area contributed by atoms with Crippen LogP contribution in [-0.2, 0) is 24.0 Å². The molecule has 0 saturated carbocycles. The molecule has 0 aromatic rings. The van der Waals surface area contributed by atoms with Crippen molar-refractivity contribution in [1.82, 2.24) is 0 Å². The fourth-order valence-corrected chi connectivity index (χ4v) is 6.51. The Labute approximate surface area is 298 Å². The molecule has 0 aliphatic heterocycles. The molecule has 0 aliphatic rings. The van der Waals surface area contributed by atoms with Crippen LogP contribution in [0.15, 0.2) is 0 Å². The van der Waals surface area contributed by atoms with Crippen molar-refractivity contribution in [2.45, 2.75) is 219 Å². The number of carbonyl (C=O) groups excluding carboxylic acids is 3. The van der Waals surface area contributed by atoms with Gasteiger partial charge in [0.15, 0.2) is 11.6 Å². The van der Waals surface area contributed by atoms with E-state index in [9.17, 15) is 29.1 Å². The Hall–Kier alpha value is -1.70. The fourth-order valence-electron chi connectivity index (χ4n) is 5.66. The first kappa shape index (κ1) is 48.4. The second kappa shape index (κ2) is 36.6. The van der Waals surface area contributed by atoms with Crippen LogP contribution in [0.3, 0.4) is 0 Å². The molecule has 48 heavy (non-hydrogen) atoms. The van der Waals surface area contributed by atoms with Gasteiger partial charge in [-0.25, -0.2) is 0 Å². The van der Waals surface area contributed by atoms with Crippen molar-refractivity contribution in [2.75, 3.05) is 0 Å². The molecule has 0 fully saturated rings. The molecule has 0 spiro atoms. The molecule has 0 heterocycles. The molecule has 282 valence electrons. The van der Waals surface area contributed by atoms with Crippen molar-refractivity contribution < 1.29 is 34.2 Å². The van der Waals surface area contributed by atoms with Gasteiger partial charge in [-0.05, 0) is 19.8 Å². The Bertz CT molecular complexity index is 771. The molecule has 1 atom stereocenters. The molecule has 0 saturated heterocycles. The van der Waals surface area contributed by atoms with Gasteiger partial charge in [-0.2, -0.15) is 0 Å². The average Bonchev–Trinajstić information content (AvgIpc) is 3.05. The molecule has 0 aromatic heterocycles. The lowest BCUT2D eigenvalue weighted by Gasteiger charge is -2.15. The summed E-state index contributed by atoms with van der Waals surface area (Å²) in [6.07, 6.45) is 32.1. The first-order valence-electron chi connectivity index (χ1n) is 19.8. The van der Waals surface area contributed by atoms with Gasteiger partial charge in [0.1, 0.15) is 11.2 Å². The minimum Gasteiger partial charge on any atom is -0.481 e. The van der Waals surface area contributed by atoms with Gasteiger partial charge >= 0.3 is 11.9 Å². The van der Waals surface area contributed by atoms with Crippen LogP contribution in [-0.4, -0.2) is 44.1 Å². The maximum Gasteiger partial charge on any atom is 0.316 e. The molecule has 1 unspecified atom stereocenters. The number of unbranched alkanes of at least 4 members (excludes halogenated alkanes) is 24. The third-order valence-corrected chi connectivity index (χ3v) is 9.90. The number of thioether (sulfide) groups is 1. The summed E-state index contributed by atoms with van der Waals surface area (Å²) in [6.45, 7) is 7.52. The van der Waals surface area contributed by atoms with Crippen molar-refractivity contribution in [3.63, 3.8) is 0 Å². The maximum absolute atomic E-state index is 13.0. The summed E-state index contributed by atoms with van der Waals surface area (Å²) in [5, 5.41) is 15.4. The van der Waals surface area contributed by atoms with E-state index in [0.29, 0.717) is 24.6 Å². The molecule has 0 amide bonds. The van der Waals surface area contributed by atoms with Crippen LogP contribution in [0, 0.1) is 5.92 Å². The van der Waals surface area contributed by atoms with E-state index in [0.717, 1.165) is 38.5 Å². The Kier molecular flexibility index (Phi) is 36.9. The van der Waals surface area contributed by atoms with E-state index in [4.69, 9.17) is 5.11 Å². The molecule has 8 heteroatoms. The third-order valence-electron chi connectivity index (χ3n) is 8.88. The molecule has 0 aromatic carbocycles. The number of aliphatic carboxylic acids is 2. The summed E-state index contributed by atoms with van der Waals surface area (Å²) in [5.74, 6) is -3.80. The molecule has 0 rings (SSSR count). The predicted molar refractivity (Wildman–Crippen MR) is 202 cm³/mol. The van der Waals surface area contributed by atoms with E-state index in [1.54, 1.807) is 6.92 Å². The molecular weight excluding hydrogens is 625 g/mol. The quantitative estimate of drug-likeness (QED) is 0.0502. The van der Waals surface area contributed by atoms with Gasteiger partial charge in [0.05, 0.1) is 0 Å². The van der Waals surface area contributed by atoms with Gasteiger partial charge in [-0.1, -0.05) is 187 Å². The Balaban J connectivity index is 0. The van der Waals surface area contributed by atoms with E-state index >= 15 is 0 Å². The van der Waals surface area contributed by atoms with Crippen LogP contribution >= 0.6 is 11.8 Å². The highest BCUT2D eigenvalue weighted by Gasteiger charge is 2.34. The van der Waals surface area contributed by atoms with E-state index in [2.05, 4.69) is 13.8 Å². The highest BCUT2D eigenvalue weighted by molar-refractivity contribution is 8.14. The number of hydrogen-bond donors (Lipinski definition) is 2. The van der Waals surface area contributed by atoms with Crippen LogP contribution in [0.1, 0.15) is 214 Å². The number of rotatable bonds is 34. The zero-order valence-electron chi connectivity index (χ0n) is 31.5. The molecule has 2 N–H and O–H groups in total. The Morgan fingerprint density at radius 2 is 0.708 bits per heavy atom. The predicted octanol–water partition coefficient (Wildman–Crippen LogP) is 11.9. The number of ketones is 2. The largest absolute Gasteiger partial charge is 0.481 e. The number of carbonyl (C=O) groups is 5. The number of carboxylic acids is 2. The van der Waals surface area contributed by atoms with Gasteiger partial charge < -0.3 is 10.2 Å². The van der Waals surface area contributed by atoms with E-state index in [1.165, 1.54) is 122 Å². The summed E-state index contributed by atoms with van der Waals surface area (Å²) in [7, 11) is 0. The van der Waals surface area contributed by atoms with E-state index < -0.39 is 28.2 Å². The van der Waals surface area contributed by atoms with E-state index in [1.807, 2.05) is 0 Å².